The van der Waals surface area contributed by atoms with Crippen LogP contribution in [0.2, 0.25) is 5.02 Å². The minimum atomic E-state index is -3.70. The lowest BCUT2D eigenvalue weighted by Crippen LogP contribution is -2.32. The first kappa shape index (κ1) is 23.2. The standard InChI is InChI=1S/C21H24ClN3O5S/c1-15(20(26)24-19-10-9-17(22)14-23-19)30-21(27)16-7-6-8-18(13-16)31(28,29)25-11-4-2-3-5-12-25/h6-10,13-15H,2-5,11-12H2,1H3,(H,23,24,26)/t15-/m1/s1. The Morgan fingerprint density at radius 3 is 2.48 bits per heavy atom. The quantitative estimate of drug-likeness (QED) is 0.654. The molecule has 1 aliphatic rings. The van der Waals surface area contributed by atoms with Crippen molar-refractivity contribution in [3.8, 4) is 0 Å². The van der Waals surface area contributed by atoms with Crippen LogP contribution >= 0.6 is 11.6 Å². The number of pyridine rings is 1. The van der Waals surface area contributed by atoms with Crippen LogP contribution < -0.4 is 5.32 Å². The number of sulfonamides is 1. The van der Waals surface area contributed by atoms with Gasteiger partial charge in [-0.1, -0.05) is 30.5 Å². The summed E-state index contributed by atoms with van der Waals surface area (Å²) in [6.07, 6.45) is 3.90. The highest BCUT2D eigenvalue weighted by Gasteiger charge is 2.26. The molecule has 2 heterocycles. The first-order chi connectivity index (χ1) is 14.8. The summed E-state index contributed by atoms with van der Waals surface area (Å²) >= 11 is 5.76. The lowest BCUT2D eigenvalue weighted by Gasteiger charge is -2.20. The highest BCUT2D eigenvalue weighted by molar-refractivity contribution is 7.89. The monoisotopic (exact) mass is 465 g/mol. The Hall–Kier alpha value is -2.49. The summed E-state index contributed by atoms with van der Waals surface area (Å²) in [7, 11) is -3.70. The molecule has 0 radical (unpaired) electrons. The molecule has 10 heteroatoms. The summed E-state index contributed by atoms with van der Waals surface area (Å²) in [6, 6.07) is 8.77. The van der Waals surface area contributed by atoms with Gasteiger partial charge in [0.25, 0.3) is 5.91 Å². The average molecular weight is 466 g/mol. The Bertz CT molecular complexity index is 1040. The molecule has 1 aromatic heterocycles. The molecule has 3 rings (SSSR count). The van der Waals surface area contributed by atoms with Gasteiger partial charge in [-0.25, -0.2) is 18.2 Å². The van der Waals surface area contributed by atoms with E-state index in [9.17, 15) is 18.0 Å². The number of benzene rings is 1. The van der Waals surface area contributed by atoms with Crippen molar-refractivity contribution in [3.63, 3.8) is 0 Å². The number of carbonyl (C=O) groups excluding carboxylic acids is 2. The molecule has 166 valence electrons. The smallest absolute Gasteiger partial charge is 0.338 e. The normalized spacial score (nSPS) is 16.2. The van der Waals surface area contributed by atoms with E-state index in [-0.39, 0.29) is 16.3 Å². The fraction of sp³-hybridized carbons (Fsp3) is 0.381. The van der Waals surface area contributed by atoms with Gasteiger partial charge in [0.1, 0.15) is 5.82 Å². The van der Waals surface area contributed by atoms with Crippen molar-refractivity contribution in [2.75, 3.05) is 18.4 Å². The molecule has 0 saturated carbocycles. The number of amides is 1. The van der Waals surface area contributed by atoms with Gasteiger partial charge in [0.15, 0.2) is 6.10 Å². The van der Waals surface area contributed by atoms with Crippen molar-refractivity contribution in [2.24, 2.45) is 0 Å². The second-order valence-corrected chi connectivity index (χ2v) is 9.62. The van der Waals surface area contributed by atoms with Gasteiger partial charge in [-0.05, 0) is 50.1 Å². The molecule has 1 N–H and O–H groups in total. The molecule has 1 aromatic carbocycles. The third-order valence-electron chi connectivity index (χ3n) is 4.90. The average Bonchev–Trinajstić information content (AvgIpc) is 3.05. The van der Waals surface area contributed by atoms with Crippen LogP contribution in [-0.2, 0) is 19.6 Å². The fourth-order valence-electron chi connectivity index (χ4n) is 3.17. The number of aromatic nitrogens is 1. The van der Waals surface area contributed by atoms with E-state index in [1.165, 1.54) is 47.8 Å². The molecular formula is C21H24ClN3O5S. The lowest BCUT2D eigenvalue weighted by atomic mass is 10.2. The lowest BCUT2D eigenvalue weighted by molar-refractivity contribution is -0.123. The number of nitrogens with one attached hydrogen (secondary N) is 1. The summed E-state index contributed by atoms with van der Waals surface area (Å²) in [5, 5.41) is 2.95. The third-order valence-corrected chi connectivity index (χ3v) is 7.02. The summed E-state index contributed by atoms with van der Waals surface area (Å²) in [4.78, 5) is 28.8. The van der Waals surface area contributed by atoms with Crippen LogP contribution in [0.4, 0.5) is 5.82 Å². The van der Waals surface area contributed by atoms with E-state index in [0.717, 1.165) is 25.7 Å². The number of anilines is 1. The molecule has 0 unspecified atom stereocenters. The number of hydrogen-bond acceptors (Lipinski definition) is 6. The zero-order valence-electron chi connectivity index (χ0n) is 17.1. The van der Waals surface area contributed by atoms with E-state index in [1.54, 1.807) is 6.07 Å². The van der Waals surface area contributed by atoms with E-state index in [4.69, 9.17) is 16.3 Å². The number of carbonyl (C=O) groups is 2. The van der Waals surface area contributed by atoms with Crippen molar-refractivity contribution in [1.29, 1.82) is 0 Å². The Labute approximate surface area is 186 Å². The van der Waals surface area contributed by atoms with Crippen LogP contribution in [0.15, 0.2) is 47.5 Å². The van der Waals surface area contributed by atoms with Gasteiger partial charge in [-0.3, -0.25) is 4.79 Å². The second-order valence-electron chi connectivity index (χ2n) is 7.24. The molecular weight excluding hydrogens is 442 g/mol. The van der Waals surface area contributed by atoms with Crippen LogP contribution in [0.25, 0.3) is 0 Å². The number of esters is 1. The van der Waals surface area contributed by atoms with E-state index in [0.29, 0.717) is 18.1 Å². The molecule has 1 fully saturated rings. The van der Waals surface area contributed by atoms with Gasteiger partial charge in [0, 0.05) is 19.3 Å². The Kier molecular flexibility index (Phi) is 7.64. The second kappa shape index (κ2) is 10.2. The zero-order chi connectivity index (χ0) is 22.4. The highest BCUT2D eigenvalue weighted by atomic mass is 35.5. The van der Waals surface area contributed by atoms with Gasteiger partial charge >= 0.3 is 5.97 Å². The summed E-state index contributed by atoms with van der Waals surface area (Å²) < 4.78 is 32.6. The SMILES string of the molecule is C[C@@H](OC(=O)c1cccc(S(=O)(=O)N2CCCCCC2)c1)C(=O)Nc1ccc(Cl)cn1. The maximum atomic E-state index is 13.0. The summed E-state index contributed by atoms with van der Waals surface area (Å²) in [5.74, 6) is -1.10. The molecule has 0 spiro atoms. The minimum Gasteiger partial charge on any atom is -0.449 e. The van der Waals surface area contributed by atoms with Crippen molar-refractivity contribution < 1.29 is 22.7 Å². The molecule has 31 heavy (non-hydrogen) atoms. The van der Waals surface area contributed by atoms with E-state index >= 15 is 0 Å². The maximum Gasteiger partial charge on any atom is 0.338 e. The molecule has 0 aliphatic carbocycles. The van der Waals surface area contributed by atoms with Gasteiger partial charge in [-0.2, -0.15) is 4.31 Å². The molecule has 8 nitrogen and oxygen atoms in total. The Morgan fingerprint density at radius 2 is 1.84 bits per heavy atom. The first-order valence-electron chi connectivity index (χ1n) is 10.0. The van der Waals surface area contributed by atoms with Gasteiger partial charge in [0.05, 0.1) is 15.5 Å². The van der Waals surface area contributed by atoms with E-state index in [1.807, 2.05) is 0 Å². The number of halogens is 1. The van der Waals surface area contributed by atoms with Gasteiger partial charge < -0.3 is 10.1 Å². The summed E-state index contributed by atoms with van der Waals surface area (Å²) in [5.41, 5.74) is 0.0557. The highest BCUT2D eigenvalue weighted by Crippen LogP contribution is 2.21. The van der Waals surface area contributed by atoms with E-state index in [2.05, 4.69) is 10.3 Å². The molecule has 2 aromatic rings. The van der Waals surface area contributed by atoms with Crippen LogP contribution in [0.3, 0.4) is 0 Å². The fourth-order valence-corrected chi connectivity index (χ4v) is 4.85. The van der Waals surface area contributed by atoms with Crippen LogP contribution in [0, 0.1) is 0 Å². The van der Waals surface area contributed by atoms with E-state index < -0.39 is 28.0 Å². The number of ether oxygens (including phenoxy) is 1. The topological polar surface area (TPSA) is 106 Å². The maximum absolute atomic E-state index is 13.0. The number of nitrogens with zero attached hydrogens (tertiary/aromatic N) is 2. The first-order valence-corrected chi connectivity index (χ1v) is 11.8. The zero-order valence-corrected chi connectivity index (χ0v) is 18.7. The number of hydrogen-bond donors (Lipinski definition) is 1. The minimum absolute atomic E-state index is 0.0336. The van der Waals surface area contributed by atoms with Gasteiger partial charge in [-0.15, -0.1) is 0 Å². The molecule has 0 bridgehead atoms. The molecule has 1 atom stereocenters. The Morgan fingerprint density at radius 1 is 1.13 bits per heavy atom. The Balaban J connectivity index is 1.67. The van der Waals surface area contributed by atoms with Crippen LogP contribution in [-0.4, -0.2) is 48.8 Å². The predicted octanol–water partition coefficient (Wildman–Crippen LogP) is 3.48. The van der Waals surface area contributed by atoms with Crippen molar-refractivity contribution in [3.05, 3.63) is 53.2 Å². The van der Waals surface area contributed by atoms with Crippen molar-refractivity contribution in [2.45, 2.75) is 43.6 Å². The van der Waals surface area contributed by atoms with Crippen LogP contribution in [0.5, 0.6) is 0 Å². The van der Waals surface area contributed by atoms with Crippen molar-refractivity contribution in [1.82, 2.24) is 9.29 Å². The van der Waals surface area contributed by atoms with Crippen molar-refractivity contribution >= 4 is 39.3 Å². The summed E-state index contributed by atoms with van der Waals surface area (Å²) in [6.45, 7) is 2.35. The largest absolute Gasteiger partial charge is 0.449 e. The van der Waals surface area contributed by atoms with Crippen LogP contribution in [0.1, 0.15) is 43.0 Å². The molecule has 1 amide bonds. The number of rotatable bonds is 6. The molecule has 1 aliphatic heterocycles. The third kappa shape index (κ3) is 6.03. The molecule has 1 saturated heterocycles. The van der Waals surface area contributed by atoms with Gasteiger partial charge in [0.2, 0.25) is 10.0 Å². The predicted molar refractivity (Wildman–Crippen MR) is 116 cm³/mol.